The van der Waals surface area contributed by atoms with Crippen molar-refractivity contribution in [2.75, 3.05) is 37.6 Å². The minimum absolute atomic E-state index is 0.00230. The number of aliphatic hydroxyl groups excluding tert-OH is 2. The molecule has 9 rings (SSSR count). The van der Waals surface area contributed by atoms with Crippen molar-refractivity contribution in [2.45, 2.75) is 148 Å². The molecule has 2 fully saturated rings. The summed E-state index contributed by atoms with van der Waals surface area (Å²) in [5.41, 5.74) is 1.21. The number of rotatable bonds is 7. The number of likely N-dealkylation sites (tertiary alicyclic amines) is 2. The summed E-state index contributed by atoms with van der Waals surface area (Å²) in [5, 5.41) is 42.6. The zero-order chi connectivity index (χ0) is 58.4. The van der Waals surface area contributed by atoms with E-state index in [0.717, 1.165) is 17.8 Å². The summed E-state index contributed by atoms with van der Waals surface area (Å²) in [6.07, 6.45) is 5.91. The second-order valence-electron chi connectivity index (χ2n) is 23.3. The summed E-state index contributed by atoms with van der Waals surface area (Å²) in [6.45, 7) is 22.1. The number of phenols is 1. The van der Waals surface area contributed by atoms with Crippen molar-refractivity contribution in [3.05, 3.63) is 98.6 Å². The van der Waals surface area contributed by atoms with Gasteiger partial charge in [-0.2, -0.15) is 0 Å². The van der Waals surface area contributed by atoms with Gasteiger partial charge in [0.05, 0.1) is 41.0 Å². The Kier molecular flexibility index (Phi) is 18.2. The third-order valence-corrected chi connectivity index (χ3v) is 18.7. The number of ketones is 2. The van der Waals surface area contributed by atoms with Crippen LogP contribution in [0.4, 0.5) is 5.69 Å². The average Bonchev–Trinajstić information content (AvgIpc) is 3.63. The molecule has 1 spiro atoms. The summed E-state index contributed by atoms with van der Waals surface area (Å²) in [5.74, 6) is -8.08. The molecule has 9 atom stereocenters. The van der Waals surface area contributed by atoms with E-state index in [2.05, 4.69) is 52.0 Å². The molecule has 6 aliphatic heterocycles. The number of esters is 1. The first-order valence-corrected chi connectivity index (χ1v) is 29.4. The van der Waals surface area contributed by atoms with Crippen LogP contribution in [-0.4, -0.2) is 139 Å². The molecule has 0 aromatic heterocycles. The van der Waals surface area contributed by atoms with E-state index in [9.17, 15) is 44.1 Å². The number of ether oxygens (including phenoxy) is 3. The van der Waals surface area contributed by atoms with Crippen LogP contribution in [0.5, 0.6) is 11.5 Å². The van der Waals surface area contributed by atoms with E-state index in [1.54, 1.807) is 73.9 Å². The van der Waals surface area contributed by atoms with Crippen molar-refractivity contribution in [3.8, 4) is 11.5 Å². The standard InChI is InChI=1S/C60H76ClIN6O12/c1-30(2)29-66-24-20-60(21-25-66)64-48-45-46-53(74)37(9)56-47(45)57(76)59(11,80-56)78-26-19-41(62)34(6)55(36(8)52(73)35(7)51(72)31(3)13-12-14-32(4)58(77)63-50(54(46)75)49(48)65-60)79-44(71)28-43(70)67-22-17-40(18-23-67)68(38(10)69)42-16-15-39(61)27-33(42)5/h12-16,19,26-27,30-31,34-36,40-41,51-52,55,65,72-74H,17-18,20-25,28-29H2,1-11H3,(H,63,77)/b13-12+,26-19+,32-14-/t31-,34+,35+,36+,41-,51-,52+,55+,59-/m0/s1. The molecule has 5 bridgehead atoms. The van der Waals surface area contributed by atoms with Crippen LogP contribution in [0, 0.1) is 43.4 Å². The number of aromatic hydroxyl groups is 1. The summed E-state index contributed by atoms with van der Waals surface area (Å²) >= 11 is 8.36. The number of piperidine rings is 2. The van der Waals surface area contributed by atoms with Gasteiger partial charge >= 0.3 is 11.8 Å². The molecule has 7 aliphatic rings. The first kappa shape index (κ1) is 60.5. The number of halogens is 2. The summed E-state index contributed by atoms with van der Waals surface area (Å²) in [4.78, 5) is 95.7. The van der Waals surface area contributed by atoms with Gasteiger partial charge in [-0.15, -0.1) is 0 Å². The number of aryl methyl sites for hydroxylation is 1. The van der Waals surface area contributed by atoms with Crippen LogP contribution < -0.4 is 20.3 Å². The predicted octanol–water partition coefficient (Wildman–Crippen LogP) is 7.78. The molecule has 0 radical (unpaired) electrons. The van der Waals surface area contributed by atoms with Gasteiger partial charge in [0.25, 0.3) is 11.7 Å². The smallest absolute Gasteiger partial charge is 0.315 e. The Bertz CT molecular complexity index is 2990. The summed E-state index contributed by atoms with van der Waals surface area (Å²) in [6, 6.07) is 5.17. The van der Waals surface area contributed by atoms with Gasteiger partial charge in [-0.1, -0.05) is 94.0 Å². The minimum Gasteiger partial charge on any atom is -0.507 e. The van der Waals surface area contributed by atoms with Crippen molar-refractivity contribution in [2.24, 2.45) is 34.6 Å². The molecule has 2 saturated heterocycles. The number of nitrogens with zero attached hydrogens (tertiary/aromatic N) is 4. The van der Waals surface area contributed by atoms with Crippen LogP contribution in [0.1, 0.15) is 132 Å². The maximum atomic E-state index is 15.0. The number of anilines is 1. The lowest BCUT2D eigenvalue weighted by molar-refractivity contribution is -0.162. The highest BCUT2D eigenvalue weighted by Gasteiger charge is 2.54. The van der Waals surface area contributed by atoms with Gasteiger partial charge in [-0.05, 0) is 69.4 Å². The van der Waals surface area contributed by atoms with Gasteiger partial charge in [0, 0.05) is 120 Å². The SMILES string of the molecule is CC(=O)N(c1ccc(Cl)cc1C)C1CCN(C(=O)CC(=O)O[C@H]2[C@H](C)[C@H](O)[C@H](C)[C@@H](O)[C@@H](C)/C=C/C=C(/C)C(=O)NC3=C4NC5(CCN(CC(C)C)CC5)N=C4c4c(c(O)c(C)c5c4C(=O)[C@@](C)(O/C=C/[C@H](I)[C@H]2C)O5)C3=O)CC1. The van der Waals surface area contributed by atoms with E-state index in [-0.39, 0.29) is 62.6 Å². The van der Waals surface area contributed by atoms with Crippen LogP contribution in [0.3, 0.4) is 0 Å². The maximum Gasteiger partial charge on any atom is 0.315 e. The fraction of sp³-hybridized carbons (Fsp3) is 0.550. The highest BCUT2D eigenvalue weighted by Crippen LogP contribution is 2.50. The molecule has 6 heterocycles. The molecule has 1 aliphatic carbocycles. The first-order valence-electron chi connectivity index (χ1n) is 27.7. The number of hydrogen-bond acceptors (Lipinski definition) is 15. The quantitative estimate of drug-likeness (QED) is 0.0771. The molecule has 0 unspecified atom stereocenters. The topological polar surface area (TPSA) is 237 Å². The second-order valence-corrected chi connectivity index (χ2v) is 25.1. The number of carbonyl (C=O) groups excluding carboxylic acids is 6. The van der Waals surface area contributed by atoms with E-state index in [0.29, 0.717) is 62.8 Å². The van der Waals surface area contributed by atoms with Crippen molar-refractivity contribution in [3.63, 3.8) is 0 Å². The van der Waals surface area contributed by atoms with Crippen LogP contribution in [0.15, 0.2) is 70.7 Å². The summed E-state index contributed by atoms with van der Waals surface area (Å²) in [7, 11) is 0. The molecule has 5 N–H and O–H groups in total. The molecule has 3 amide bonds. The number of amides is 3. The van der Waals surface area contributed by atoms with Gasteiger partial charge < -0.3 is 54.9 Å². The Morgan fingerprint density at radius 1 is 0.938 bits per heavy atom. The number of fused-ring (bicyclic) bond motifs is 13. The third-order valence-electron chi connectivity index (χ3n) is 16.9. The Labute approximate surface area is 487 Å². The molecule has 18 nitrogen and oxygen atoms in total. The van der Waals surface area contributed by atoms with E-state index in [4.69, 9.17) is 30.8 Å². The molecule has 432 valence electrons. The molecule has 0 saturated carbocycles. The Balaban J connectivity index is 1.08. The first-order chi connectivity index (χ1) is 37.7. The lowest BCUT2D eigenvalue weighted by Crippen LogP contribution is -2.50. The van der Waals surface area contributed by atoms with E-state index >= 15 is 0 Å². The molecular formula is C60H76ClIN6O12. The average molecular weight is 1240 g/mol. The number of benzene rings is 2. The van der Waals surface area contributed by atoms with E-state index in [1.807, 2.05) is 19.9 Å². The molecule has 2 aromatic rings. The predicted molar refractivity (Wildman–Crippen MR) is 312 cm³/mol. The number of nitrogens with one attached hydrogen (secondary N) is 2. The van der Waals surface area contributed by atoms with Crippen LogP contribution >= 0.6 is 34.2 Å². The largest absolute Gasteiger partial charge is 0.507 e. The van der Waals surface area contributed by atoms with Crippen molar-refractivity contribution < 1.29 is 58.3 Å². The second kappa shape index (κ2) is 24.1. The fourth-order valence-electron chi connectivity index (χ4n) is 12.1. The molecule has 2 aromatic carbocycles. The monoisotopic (exact) mass is 1230 g/mol. The fourth-order valence-corrected chi connectivity index (χ4v) is 12.9. The Morgan fingerprint density at radius 2 is 1.61 bits per heavy atom. The van der Waals surface area contributed by atoms with Crippen molar-refractivity contribution >= 4 is 80.8 Å². The maximum absolute atomic E-state index is 15.0. The normalized spacial score (nSPS) is 29.9. The van der Waals surface area contributed by atoms with Gasteiger partial charge in [0.2, 0.25) is 17.6 Å². The van der Waals surface area contributed by atoms with Crippen LogP contribution in [0.25, 0.3) is 0 Å². The van der Waals surface area contributed by atoms with E-state index < -0.39 is 98.9 Å². The van der Waals surface area contributed by atoms with E-state index in [1.165, 1.54) is 27.0 Å². The summed E-state index contributed by atoms with van der Waals surface area (Å²) < 4.78 is 18.3. The highest BCUT2D eigenvalue weighted by atomic mass is 127. The number of aliphatic hydroxyl groups is 2. The number of phenolic OH excluding ortho intramolecular Hbond substituents is 1. The molecule has 80 heavy (non-hydrogen) atoms. The molecule has 20 heteroatoms. The van der Waals surface area contributed by atoms with Crippen LogP contribution in [0.2, 0.25) is 5.02 Å². The number of Topliss-reactive ketones (excluding diaryl/α,β-unsaturated/α-hetero) is 2. The van der Waals surface area contributed by atoms with Crippen molar-refractivity contribution in [1.29, 1.82) is 0 Å². The Hall–Kier alpha value is -5.61. The number of carbonyl (C=O) groups is 6. The highest BCUT2D eigenvalue weighted by molar-refractivity contribution is 14.1. The number of alkyl halides is 1. The zero-order valence-corrected chi connectivity index (χ0v) is 50.4. The number of aliphatic imine (C=N–C) groups is 1. The Morgan fingerprint density at radius 3 is 2.25 bits per heavy atom. The van der Waals surface area contributed by atoms with Gasteiger partial charge in [0.15, 0.2) is 0 Å². The van der Waals surface area contributed by atoms with Gasteiger partial charge in [-0.3, -0.25) is 33.8 Å². The van der Waals surface area contributed by atoms with Gasteiger partial charge in [0.1, 0.15) is 35.4 Å². The van der Waals surface area contributed by atoms with Crippen molar-refractivity contribution in [1.82, 2.24) is 20.4 Å². The number of hydrogen-bond donors (Lipinski definition) is 5. The third kappa shape index (κ3) is 12.0. The minimum atomic E-state index is -2.01. The lowest BCUT2D eigenvalue weighted by atomic mass is 9.79. The zero-order valence-electron chi connectivity index (χ0n) is 47.5. The number of allylic oxidation sites excluding steroid dienone is 5. The lowest BCUT2D eigenvalue weighted by Gasteiger charge is -2.39. The van der Waals surface area contributed by atoms with Gasteiger partial charge in [-0.25, -0.2) is 0 Å². The molecular weight excluding hydrogens is 1160 g/mol. The van der Waals surface area contributed by atoms with Crippen LogP contribution in [-0.2, 0) is 28.7 Å².